The number of anilines is 1. The van der Waals surface area contributed by atoms with Gasteiger partial charge >= 0.3 is 0 Å². The largest absolute Gasteiger partial charge is 0.507 e. The second-order valence-corrected chi connectivity index (χ2v) is 7.72. The number of pyridine rings is 1. The number of aliphatic hydroxyl groups is 1. The van der Waals surface area contributed by atoms with E-state index in [-0.39, 0.29) is 11.3 Å². The van der Waals surface area contributed by atoms with Crippen LogP contribution < -0.4 is 4.90 Å². The lowest BCUT2D eigenvalue weighted by Crippen LogP contribution is -2.30. The molecular weight excluding hydrogens is 388 g/mol. The third-order valence-corrected chi connectivity index (χ3v) is 5.94. The normalized spacial score (nSPS) is 17.9. The summed E-state index contributed by atoms with van der Waals surface area (Å²) < 4.78 is 0. The van der Waals surface area contributed by atoms with Crippen LogP contribution in [0.25, 0.3) is 5.76 Å². The highest BCUT2D eigenvalue weighted by molar-refractivity contribution is 6.51. The average Bonchev–Trinajstić information content (AvgIpc) is 3.06. The molecule has 0 saturated carbocycles. The molecule has 5 nitrogen and oxygen atoms in total. The Balaban J connectivity index is 1.95. The van der Waals surface area contributed by atoms with Gasteiger partial charge in [0, 0.05) is 23.6 Å². The van der Waals surface area contributed by atoms with Gasteiger partial charge in [0.15, 0.2) is 0 Å². The maximum Gasteiger partial charge on any atom is 0.300 e. The van der Waals surface area contributed by atoms with Crippen LogP contribution in [-0.4, -0.2) is 21.8 Å². The molecule has 1 unspecified atom stereocenters. The molecule has 3 aromatic rings. The number of aliphatic hydroxyl groups excluding tert-OH is 1. The Hall–Kier alpha value is -3.73. The molecule has 2 heterocycles. The number of aromatic nitrogens is 1. The Morgan fingerprint density at radius 1 is 1.00 bits per heavy atom. The summed E-state index contributed by atoms with van der Waals surface area (Å²) in [6.45, 7) is 5.94. The lowest BCUT2D eigenvalue weighted by molar-refractivity contribution is -0.132. The van der Waals surface area contributed by atoms with Gasteiger partial charge in [-0.1, -0.05) is 43.3 Å². The summed E-state index contributed by atoms with van der Waals surface area (Å²) in [6.07, 6.45) is 4.11. The quantitative estimate of drug-likeness (QED) is 0.376. The number of amides is 1. The molecule has 1 aromatic heterocycles. The number of hydrogen-bond donors (Lipinski definition) is 1. The summed E-state index contributed by atoms with van der Waals surface area (Å²) in [5.74, 6) is -1.52. The Morgan fingerprint density at radius 3 is 2.32 bits per heavy atom. The minimum atomic E-state index is -0.741. The fourth-order valence-electron chi connectivity index (χ4n) is 3.99. The lowest BCUT2D eigenvalue weighted by Gasteiger charge is -2.27. The Bertz CT molecular complexity index is 1180. The van der Waals surface area contributed by atoms with Crippen LogP contribution >= 0.6 is 0 Å². The number of Topliss-reactive ketones (excluding diaryl/α,β-unsaturated/α-hetero) is 1. The van der Waals surface area contributed by atoms with Gasteiger partial charge in [-0.05, 0) is 60.7 Å². The number of ketones is 1. The number of hydrogen-bond acceptors (Lipinski definition) is 4. The Kier molecular flexibility index (Phi) is 5.42. The zero-order valence-corrected chi connectivity index (χ0v) is 17.8. The van der Waals surface area contributed by atoms with Crippen LogP contribution in [0.15, 0.2) is 72.6 Å². The highest BCUT2D eigenvalue weighted by atomic mass is 16.3. The number of carbonyl (C=O) groups is 2. The van der Waals surface area contributed by atoms with Gasteiger partial charge in [-0.25, -0.2) is 0 Å². The van der Waals surface area contributed by atoms with E-state index in [1.165, 1.54) is 4.90 Å². The van der Waals surface area contributed by atoms with Gasteiger partial charge < -0.3 is 5.11 Å². The molecule has 1 N–H and O–H groups in total. The van der Waals surface area contributed by atoms with E-state index in [4.69, 9.17) is 0 Å². The fraction of sp³-hybridized carbons (Fsp3) is 0.192. The molecule has 0 radical (unpaired) electrons. The topological polar surface area (TPSA) is 70.5 Å². The van der Waals surface area contributed by atoms with Crippen molar-refractivity contribution in [3.63, 3.8) is 0 Å². The summed E-state index contributed by atoms with van der Waals surface area (Å²) in [7, 11) is 0. The first-order valence-corrected chi connectivity index (χ1v) is 10.3. The monoisotopic (exact) mass is 412 g/mol. The van der Waals surface area contributed by atoms with E-state index in [0.717, 1.165) is 23.1 Å². The first kappa shape index (κ1) is 20.5. The van der Waals surface area contributed by atoms with Crippen molar-refractivity contribution in [2.24, 2.45) is 0 Å². The second-order valence-electron chi connectivity index (χ2n) is 7.72. The second kappa shape index (κ2) is 8.19. The molecule has 0 bridgehead atoms. The number of nitrogens with zero attached hydrogens (tertiary/aromatic N) is 2. The smallest absolute Gasteiger partial charge is 0.300 e. The van der Waals surface area contributed by atoms with Gasteiger partial charge in [0.2, 0.25) is 0 Å². The van der Waals surface area contributed by atoms with E-state index < -0.39 is 17.7 Å². The SMILES string of the molecule is CCc1ccc(/C(O)=C2\C(=O)C(=O)N(c3cccc(C)c3C)C2c2ccncc2)cc1. The van der Waals surface area contributed by atoms with Crippen LogP contribution in [0.2, 0.25) is 0 Å². The molecule has 4 rings (SSSR count). The molecular formula is C26H24N2O3. The maximum atomic E-state index is 13.2. The molecule has 1 fully saturated rings. The van der Waals surface area contributed by atoms with Crippen LogP contribution in [-0.2, 0) is 16.0 Å². The van der Waals surface area contributed by atoms with Crippen molar-refractivity contribution < 1.29 is 14.7 Å². The van der Waals surface area contributed by atoms with Gasteiger partial charge in [0.05, 0.1) is 11.6 Å². The van der Waals surface area contributed by atoms with Gasteiger partial charge in [0.1, 0.15) is 5.76 Å². The first-order chi connectivity index (χ1) is 14.9. The summed E-state index contributed by atoms with van der Waals surface area (Å²) in [6, 6.07) is 15.8. The van der Waals surface area contributed by atoms with Crippen LogP contribution in [0, 0.1) is 13.8 Å². The number of aryl methyl sites for hydroxylation is 2. The highest BCUT2D eigenvalue weighted by Crippen LogP contribution is 2.43. The zero-order chi connectivity index (χ0) is 22.1. The molecule has 0 aliphatic carbocycles. The van der Waals surface area contributed by atoms with Crippen LogP contribution in [0.3, 0.4) is 0 Å². The van der Waals surface area contributed by atoms with Gasteiger partial charge in [0.25, 0.3) is 11.7 Å². The van der Waals surface area contributed by atoms with Gasteiger partial charge in [-0.2, -0.15) is 0 Å². The molecule has 31 heavy (non-hydrogen) atoms. The Morgan fingerprint density at radius 2 is 1.68 bits per heavy atom. The van der Waals surface area contributed by atoms with E-state index in [2.05, 4.69) is 4.98 Å². The fourth-order valence-corrected chi connectivity index (χ4v) is 3.99. The first-order valence-electron chi connectivity index (χ1n) is 10.3. The molecule has 156 valence electrons. The minimum Gasteiger partial charge on any atom is -0.507 e. The minimum absolute atomic E-state index is 0.0846. The van der Waals surface area contributed by atoms with Crippen molar-refractivity contribution in [1.82, 2.24) is 4.98 Å². The third-order valence-electron chi connectivity index (χ3n) is 5.94. The number of carbonyl (C=O) groups excluding carboxylic acids is 2. The molecule has 1 atom stereocenters. The summed E-state index contributed by atoms with van der Waals surface area (Å²) in [5.41, 5.74) is 5.01. The zero-order valence-electron chi connectivity index (χ0n) is 17.8. The van der Waals surface area contributed by atoms with E-state index in [1.807, 2.05) is 51.1 Å². The Labute approximate surface area is 181 Å². The molecule has 2 aromatic carbocycles. The van der Waals surface area contributed by atoms with Crippen LogP contribution in [0.5, 0.6) is 0 Å². The van der Waals surface area contributed by atoms with Crippen molar-refractivity contribution in [2.75, 3.05) is 4.90 Å². The van der Waals surface area contributed by atoms with Crippen molar-refractivity contribution >= 4 is 23.1 Å². The molecule has 5 heteroatoms. The van der Waals surface area contributed by atoms with Gasteiger partial charge in [-0.3, -0.25) is 19.5 Å². The van der Waals surface area contributed by atoms with Crippen molar-refractivity contribution in [3.05, 3.63) is 100 Å². The number of rotatable bonds is 4. The highest BCUT2D eigenvalue weighted by Gasteiger charge is 2.47. The molecule has 1 aliphatic heterocycles. The maximum absolute atomic E-state index is 13.2. The third kappa shape index (κ3) is 3.52. The summed E-state index contributed by atoms with van der Waals surface area (Å²) in [4.78, 5) is 32.0. The lowest BCUT2D eigenvalue weighted by atomic mass is 9.95. The van der Waals surface area contributed by atoms with Crippen molar-refractivity contribution in [2.45, 2.75) is 33.2 Å². The molecule has 1 amide bonds. The predicted octanol–water partition coefficient (Wildman–Crippen LogP) is 4.89. The van der Waals surface area contributed by atoms with Crippen LogP contribution in [0.1, 0.15) is 40.8 Å². The molecule has 0 spiro atoms. The van der Waals surface area contributed by atoms with Crippen molar-refractivity contribution in [3.8, 4) is 0 Å². The number of benzene rings is 2. The van der Waals surface area contributed by atoms with E-state index in [9.17, 15) is 14.7 Å². The standard InChI is InChI=1S/C26H24N2O3/c1-4-18-8-10-20(11-9-18)24(29)22-23(19-12-14-27-15-13-19)28(26(31)25(22)30)21-7-5-6-16(2)17(21)3/h5-15,23,29H,4H2,1-3H3/b24-22+. The van der Waals surface area contributed by atoms with Gasteiger partial charge in [-0.15, -0.1) is 0 Å². The molecule has 1 saturated heterocycles. The van der Waals surface area contributed by atoms with Crippen LogP contribution in [0.4, 0.5) is 5.69 Å². The van der Waals surface area contributed by atoms with Crippen molar-refractivity contribution in [1.29, 1.82) is 0 Å². The summed E-state index contributed by atoms with van der Waals surface area (Å²) in [5, 5.41) is 11.2. The average molecular weight is 412 g/mol. The van der Waals surface area contributed by atoms with E-state index in [1.54, 1.807) is 36.7 Å². The molecule has 1 aliphatic rings. The predicted molar refractivity (Wildman–Crippen MR) is 121 cm³/mol. The van der Waals surface area contributed by atoms with E-state index >= 15 is 0 Å². The van der Waals surface area contributed by atoms with E-state index in [0.29, 0.717) is 16.8 Å². The summed E-state index contributed by atoms with van der Waals surface area (Å²) >= 11 is 0.